The molecule has 0 aliphatic carbocycles. The van der Waals surface area contributed by atoms with E-state index in [-0.39, 0.29) is 0 Å². The molecule has 1 N–H and O–H groups in total. The van der Waals surface area contributed by atoms with Gasteiger partial charge in [-0.2, -0.15) is 0 Å². The minimum atomic E-state index is 0.567. The SMILES string of the molecule is CCOc1ccc(Oc2cc(CNC(=NC)N3CCC(N4CCOCC4)C3)ccn2)cc1. The second kappa shape index (κ2) is 11.2. The molecule has 1 unspecified atom stereocenters. The van der Waals surface area contributed by atoms with Gasteiger partial charge in [0, 0.05) is 58.1 Å². The van der Waals surface area contributed by atoms with Crippen molar-refractivity contribution >= 4 is 5.96 Å². The van der Waals surface area contributed by atoms with E-state index in [0.29, 0.717) is 25.1 Å². The predicted molar refractivity (Wildman–Crippen MR) is 124 cm³/mol. The Morgan fingerprint density at radius 1 is 1.16 bits per heavy atom. The Bertz CT molecular complexity index is 883. The molecule has 4 rings (SSSR count). The van der Waals surface area contributed by atoms with Crippen molar-refractivity contribution in [3.05, 3.63) is 48.2 Å². The summed E-state index contributed by atoms with van der Waals surface area (Å²) in [5, 5.41) is 3.50. The Kier molecular flexibility index (Phi) is 7.79. The van der Waals surface area contributed by atoms with Gasteiger partial charge in [-0.05, 0) is 49.2 Å². The van der Waals surface area contributed by atoms with E-state index in [0.717, 1.165) is 68.8 Å². The van der Waals surface area contributed by atoms with Crippen LogP contribution in [0.4, 0.5) is 0 Å². The average molecular weight is 440 g/mol. The monoisotopic (exact) mass is 439 g/mol. The van der Waals surface area contributed by atoms with Crippen LogP contribution in [0.3, 0.4) is 0 Å². The van der Waals surface area contributed by atoms with E-state index in [4.69, 9.17) is 14.2 Å². The van der Waals surface area contributed by atoms with Crippen LogP contribution in [0.15, 0.2) is 47.6 Å². The van der Waals surface area contributed by atoms with Gasteiger partial charge in [-0.25, -0.2) is 4.98 Å². The molecule has 1 atom stereocenters. The molecule has 2 aliphatic heterocycles. The molecule has 0 amide bonds. The van der Waals surface area contributed by atoms with Crippen LogP contribution >= 0.6 is 0 Å². The number of nitrogens with one attached hydrogen (secondary N) is 1. The number of aliphatic imine (C=N–C) groups is 1. The van der Waals surface area contributed by atoms with Gasteiger partial charge < -0.3 is 24.4 Å². The highest BCUT2D eigenvalue weighted by molar-refractivity contribution is 5.80. The molecular formula is C24H33N5O3. The van der Waals surface area contributed by atoms with Crippen molar-refractivity contribution in [3.63, 3.8) is 0 Å². The summed E-state index contributed by atoms with van der Waals surface area (Å²) < 4.78 is 16.9. The smallest absolute Gasteiger partial charge is 0.219 e. The van der Waals surface area contributed by atoms with E-state index < -0.39 is 0 Å². The second-order valence-electron chi connectivity index (χ2n) is 7.95. The standard InChI is InChI=1S/C24H33N5O3/c1-3-31-21-4-6-22(7-5-21)32-23-16-19(8-10-26-23)17-27-24(25-2)29-11-9-20(18-29)28-12-14-30-15-13-28/h4-8,10,16,20H,3,9,11-15,17-18H2,1-2H3,(H,25,27). The van der Waals surface area contributed by atoms with Crippen molar-refractivity contribution in [3.8, 4) is 17.4 Å². The van der Waals surface area contributed by atoms with E-state index in [1.807, 2.05) is 50.4 Å². The Hall–Kier alpha value is -2.84. The van der Waals surface area contributed by atoms with E-state index in [2.05, 4.69) is 25.1 Å². The molecule has 1 aromatic carbocycles. The summed E-state index contributed by atoms with van der Waals surface area (Å²) in [6.07, 6.45) is 2.93. The molecule has 2 saturated heterocycles. The van der Waals surface area contributed by atoms with Crippen LogP contribution in [0.1, 0.15) is 18.9 Å². The molecule has 3 heterocycles. The Morgan fingerprint density at radius 3 is 2.69 bits per heavy atom. The molecular weight excluding hydrogens is 406 g/mol. The lowest BCUT2D eigenvalue weighted by Gasteiger charge is -2.32. The van der Waals surface area contributed by atoms with Gasteiger partial charge in [-0.15, -0.1) is 0 Å². The number of aromatic nitrogens is 1. The fraction of sp³-hybridized carbons (Fsp3) is 0.500. The minimum Gasteiger partial charge on any atom is -0.494 e. The third-order valence-corrected chi connectivity index (χ3v) is 5.84. The van der Waals surface area contributed by atoms with Crippen LogP contribution in [0, 0.1) is 0 Å². The lowest BCUT2D eigenvalue weighted by Crippen LogP contribution is -2.46. The summed E-state index contributed by atoms with van der Waals surface area (Å²) in [7, 11) is 1.84. The number of morpholine rings is 1. The van der Waals surface area contributed by atoms with Crippen molar-refractivity contribution < 1.29 is 14.2 Å². The molecule has 2 aromatic rings. The summed E-state index contributed by atoms with van der Waals surface area (Å²) in [5.74, 6) is 3.06. The van der Waals surface area contributed by atoms with Crippen molar-refractivity contribution in [1.82, 2.24) is 20.1 Å². The van der Waals surface area contributed by atoms with Crippen LogP contribution in [0.2, 0.25) is 0 Å². The summed E-state index contributed by atoms with van der Waals surface area (Å²) in [6, 6.07) is 12.1. The van der Waals surface area contributed by atoms with Gasteiger partial charge in [0.1, 0.15) is 11.5 Å². The highest BCUT2D eigenvalue weighted by atomic mass is 16.5. The zero-order valence-electron chi connectivity index (χ0n) is 19.0. The Balaban J connectivity index is 1.30. The first-order chi connectivity index (χ1) is 15.7. The van der Waals surface area contributed by atoms with Gasteiger partial charge in [-0.1, -0.05) is 0 Å². The van der Waals surface area contributed by atoms with E-state index in [9.17, 15) is 0 Å². The molecule has 8 heteroatoms. The van der Waals surface area contributed by atoms with Gasteiger partial charge in [0.05, 0.1) is 19.8 Å². The van der Waals surface area contributed by atoms with Crippen LogP contribution in [0.25, 0.3) is 0 Å². The zero-order valence-corrected chi connectivity index (χ0v) is 19.0. The molecule has 0 saturated carbocycles. The zero-order chi connectivity index (χ0) is 22.2. The van der Waals surface area contributed by atoms with Gasteiger partial charge in [0.2, 0.25) is 5.88 Å². The first-order valence-corrected chi connectivity index (χ1v) is 11.4. The summed E-state index contributed by atoms with van der Waals surface area (Å²) >= 11 is 0. The number of guanidine groups is 1. The molecule has 2 aliphatic rings. The number of rotatable bonds is 7. The largest absolute Gasteiger partial charge is 0.494 e. The summed E-state index contributed by atoms with van der Waals surface area (Å²) in [6.45, 7) is 9.02. The van der Waals surface area contributed by atoms with Crippen LogP contribution in [-0.4, -0.2) is 79.8 Å². The fourth-order valence-electron chi connectivity index (χ4n) is 4.20. The minimum absolute atomic E-state index is 0.567. The second-order valence-corrected chi connectivity index (χ2v) is 7.95. The number of ether oxygens (including phenoxy) is 3. The van der Waals surface area contributed by atoms with Gasteiger partial charge >= 0.3 is 0 Å². The number of likely N-dealkylation sites (tertiary alicyclic amines) is 1. The predicted octanol–water partition coefficient (Wildman–Crippen LogP) is 2.75. The van der Waals surface area contributed by atoms with E-state index >= 15 is 0 Å². The molecule has 8 nitrogen and oxygen atoms in total. The van der Waals surface area contributed by atoms with E-state index in [1.165, 1.54) is 0 Å². The molecule has 0 spiro atoms. The van der Waals surface area contributed by atoms with Crippen molar-refractivity contribution in [1.29, 1.82) is 0 Å². The maximum absolute atomic E-state index is 5.92. The van der Waals surface area contributed by atoms with Crippen LogP contribution in [-0.2, 0) is 11.3 Å². The fourth-order valence-corrected chi connectivity index (χ4v) is 4.20. The van der Waals surface area contributed by atoms with Crippen molar-refractivity contribution in [2.75, 3.05) is 53.0 Å². The first kappa shape index (κ1) is 22.4. The number of nitrogens with zero attached hydrogens (tertiary/aromatic N) is 4. The van der Waals surface area contributed by atoms with Crippen LogP contribution < -0.4 is 14.8 Å². The number of hydrogen-bond acceptors (Lipinski definition) is 6. The first-order valence-electron chi connectivity index (χ1n) is 11.4. The molecule has 0 radical (unpaired) electrons. The third-order valence-electron chi connectivity index (χ3n) is 5.84. The molecule has 32 heavy (non-hydrogen) atoms. The summed E-state index contributed by atoms with van der Waals surface area (Å²) in [5.41, 5.74) is 1.09. The highest BCUT2D eigenvalue weighted by Crippen LogP contribution is 2.23. The Labute approximate surface area is 190 Å². The Morgan fingerprint density at radius 2 is 1.94 bits per heavy atom. The normalized spacial score (nSPS) is 19.8. The van der Waals surface area contributed by atoms with Crippen LogP contribution in [0.5, 0.6) is 17.4 Å². The molecule has 0 bridgehead atoms. The van der Waals surface area contributed by atoms with Crippen molar-refractivity contribution in [2.24, 2.45) is 4.99 Å². The topological polar surface area (TPSA) is 71.5 Å². The highest BCUT2D eigenvalue weighted by Gasteiger charge is 2.30. The van der Waals surface area contributed by atoms with Gasteiger partial charge in [0.25, 0.3) is 0 Å². The molecule has 172 valence electrons. The maximum Gasteiger partial charge on any atom is 0.219 e. The maximum atomic E-state index is 5.92. The van der Waals surface area contributed by atoms with Gasteiger partial charge in [-0.3, -0.25) is 9.89 Å². The lowest BCUT2D eigenvalue weighted by molar-refractivity contribution is 0.0195. The average Bonchev–Trinajstić information content (AvgIpc) is 3.32. The van der Waals surface area contributed by atoms with Crippen molar-refractivity contribution in [2.45, 2.75) is 25.9 Å². The third kappa shape index (κ3) is 5.89. The number of pyridine rings is 1. The lowest BCUT2D eigenvalue weighted by atomic mass is 10.2. The summed E-state index contributed by atoms with van der Waals surface area (Å²) in [4.78, 5) is 13.7. The quantitative estimate of drug-likeness (QED) is 0.525. The molecule has 2 fully saturated rings. The number of hydrogen-bond donors (Lipinski definition) is 1. The number of benzene rings is 1. The van der Waals surface area contributed by atoms with E-state index in [1.54, 1.807) is 6.20 Å². The molecule has 1 aromatic heterocycles. The van der Waals surface area contributed by atoms with Gasteiger partial charge in [0.15, 0.2) is 5.96 Å².